The smallest absolute Gasteiger partial charge is 0.305 e. The van der Waals surface area contributed by atoms with Crippen molar-refractivity contribution in [2.75, 3.05) is 25.6 Å². The molecule has 0 aliphatic rings. The number of carbonyl (C=O) groups excluding carboxylic acids is 2. The fourth-order valence-electron chi connectivity index (χ4n) is 1.99. The first-order chi connectivity index (χ1) is 12.1. The fourth-order valence-corrected chi connectivity index (χ4v) is 2.79. The number of nitrogens with two attached hydrogens (primary N) is 1. The number of ether oxygens (including phenoxy) is 2. The van der Waals surface area contributed by atoms with E-state index in [1.54, 1.807) is 29.6 Å². The van der Waals surface area contributed by atoms with E-state index in [1.165, 1.54) is 18.4 Å². The van der Waals surface area contributed by atoms with Gasteiger partial charge in [0.2, 0.25) is 0 Å². The largest absolute Gasteiger partial charge is 0.494 e. The summed E-state index contributed by atoms with van der Waals surface area (Å²) >= 11 is 1.43. The molecule has 0 aliphatic heterocycles. The van der Waals surface area contributed by atoms with Crippen LogP contribution < -0.4 is 15.8 Å². The van der Waals surface area contributed by atoms with Gasteiger partial charge >= 0.3 is 5.97 Å². The van der Waals surface area contributed by atoms with Crippen molar-refractivity contribution < 1.29 is 19.1 Å². The van der Waals surface area contributed by atoms with Gasteiger partial charge in [-0.1, -0.05) is 0 Å². The summed E-state index contributed by atoms with van der Waals surface area (Å²) in [6.45, 7) is 0.930. The first kappa shape index (κ1) is 21.9. The first-order valence-electron chi connectivity index (χ1n) is 7.88. The topological polar surface area (TPSA) is 104 Å². The van der Waals surface area contributed by atoms with Gasteiger partial charge in [-0.3, -0.25) is 9.59 Å². The zero-order valence-corrected chi connectivity index (χ0v) is 16.0. The van der Waals surface area contributed by atoms with Crippen LogP contribution in [0.4, 0.5) is 5.69 Å². The lowest BCUT2D eigenvalue weighted by Crippen LogP contribution is -2.12. The van der Waals surface area contributed by atoms with Gasteiger partial charge in [-0.25, -0.2) is 4.98 Å². The predicted molar refractivity (Wildman–Crippen MR) is 103 cm³/mol. The van der Waals surface area contributed by atoms with Crippen LogP contribution in [0.5, 0.6) is 5.75 Å². The Kier molecular flexibility index (Phi) is 9.64. The fraction of sp³-hybridized carbons (Fsp3) is 0.353. The maximum Gasteiger partial charge on any atom is 0.305 e. The molecule has 142 valence electrons. The molecule has 2 rings (SSSR count). The van der Waals surface area contributed by atoms with Gasteiger partial charge in [-0.05, 0) is 37.2 Å². The number of hydrogen-bond donors (Lipinski definition) is 2. The van der Waals surface area contributed by atoms with Crippen molar-refractivity contribution in [2.24, 2.45) is 5.73 Å². The maximum atomic E-state index is 12.1. The number of carbonyl (C=O) groups is 2. The van der Waals surface area contributed by atoms with Gasteiger partial charge in [0.1, 0.15) is 11.4 Å². The predicted octanol–water partition coefficient (Wildman–Crippen LogP) is 2.65. The highest BCUT2D eigenvalue weighted by atomic mass is 35.5. The van der Waals surface area contributed by atoms with Crippen LogP contribution in [0.25, 0.3) is 0 Å². The van der Waals surface area contributed by atoms with Crippen LogP contribution in [0.2, 0.25) is 0 Å². The summed E-state index contributed by atoms with van der Waals surface area (Å²) in [4.78, 5) is 27.4. The average Bonchev–Trinajstić information content (AvgIpc) is 3.09. The number of nitrogens with zero attached hydrogens (tertiary/aromatic N) is 1. The van der Waals surface area contributed by atoms with Crippen molar-refractivity contribution >= 4 is 41.3 Å². The lowest BCUT2D eigenvalue weighted by molar-refractivity contribution is -0.140. The van der Waals surface area contributed by atoms with Crippen molar-refractivity contribution in [3.8, 4) is 5.75 Å². The quantitative estimate of drug-likeness (QED) is 0.496. The Morgan fingerprint density at radius 1 is 1.27 bits per heavy atom. The van der Waals surface area contributed by atoms with Gasteiger partial charge in [-0.2, -0.15) is 0 Å². The molecule has 0 fully saturated rings. The van der Waals surface area contributed by atoms with Gasteiger partial charge in [0.25, 0.3) is 5.91 Å². The van der Waals surface area contributed by atoms with E-state index in [0.29, 0.717) is 49.5 Å². The second kappa shape index (κ2) is 11.5. The number of nitrogens with one attached hydrogen (secondary N) is 1. The number of halogens is 1. The van der Waals surface area contributed by atoms with Gasteiger partial charge in [0.15, 0.2) is 0 Å². The molecule has 26 heavy (non-hydrogen) atoms. The first-order valence-corrected chi connectivity index (χ1v) is 8.76. The molecule has 0 saturated heterocycles. The Labute approximate surface area is 162 Å². The van der Waals surface area contributed by atoms with E-state index < -0.39 is 0 Å². The molecule has 1 amide bonds. The van der Waals surface area contributed by atoms with E-state index in [-0.39, 0.29) is 24.3 Å². The van der Waals surface area contributed by atoms with E-state index in [1.807, 2.05) is 0 Å². The molecule has 9 heteroatoms. The average molecular weight is 400 g/mol. The Morgan fingerprint density at radius 2 is 2.00 bits per heavy atom. The SMILES string of the molecule is COC(=O)CCCOc1ccc(NC(=O)c2csc(CCN)n2)cc1.Cl. The molecule has 1 aromatic carbocycles. The second-order valence-electron chi connectivity index (χ2n) is 5.17. The molecule has 1 heterocycles. The summed E-state index contributed by atoms with van der Waals surface area (Å²) in [7, 11) is 1.36. The number of methoxy groups -OCH3 is 1. The summed E-state index contributed by atoms with van der Waals surface area (Å²) < 4.78 is 10.1. The Balaban J connectivity index is 0.00000338. The number of aromatic nitrogens is 1. The molecule has 3 N–H and O–H groups in total. The van der Waals surface area contributed by atoms with E-state index in [9.17, 15) is 9.59 Å². The molecule has 7 nitrogen and oxygen atoms in total. The third-order valence-electron chi connectivity index (χ3n) is 3.28. The third-order valence-corrected chi connectivity index (χ3v) is 4.19. The van der Waals surface area contributed by atoms with Gasteiger partial charge in [-0.15, -0.1) is 23.7 Å². The van der Waals surface area contributed by atoms with Crippen LogP contribution in [-0.2, 0) is 16.0 Å². The van der Waals surface area contributed by atoms with Gasteiger partial charge < -0.3 is 20.5 Å². The Hall–Kier alpha value is -2.16. The Bertz CT molecular complexity index is 706. The number of benzene rings is 1. The standard InChI is InChI=1S/C17H21N3O4S.ClH/c1-23-16(21)3-2-10-24-13-6-4-12(5-7-13)19-17(22)14-11-25-15(20-14)8-9-18;/h4-7,11H,2-3,8-10,18H2,1H3,(H,19,22);1H. The van der Waals surface area contributed by atoms with Crippen LogP contribution >= 0.6 is 23.7 Å². The molecule has 0 atom stereocenters. The highest BCUT2D eigenvalue weighted by Crippen LogP contribution is 2.17. The second-order valence-corrected chi connectivity index (χ2v) is 6.11. The minimum Gasteiger partial charge on any atom is -0.494 e. The third kappa shape index (κ3) is 6.99. The van der Waals surface area contributed by atoms with Crippen LogP contribution in [0.1, 0.15) is 28.3 Å². The summed E-state index contributed by atoms with van der Waals surface area (Å²) in [5, 5.41) is 5.36. The molecular weight excluding hydrogens is 378 g/mol. The van der Waals surface area contributed by atoms with Crippen LogP contribution in [0, 0.1) is 0 Å². The van der Waals surface area contributed by atoms with Crippen molar-refractivity contribution in [3.05, 3.63) is 40.3 Å². The van der Waals surface area contributed by atoms with Crippen molar-refractivity contribution in [2.45, 2.75) is 19.3 Å². The normalized spacial score (nSPS) is 9.92. The highest BCUT2D eigenvalue weighted by molar-refractivity contribution is 7.09. The molecular formula is C17H22ClN3O4S. The Morgan fingerprint density at radius 3 is 2.65 bits per heavy atom. The van der Waals surface area contributed by atoms with E-state index >= 15 is 0 Å². The zero-order valence-electron chi connectivity index (χ0n) is 14.4. The number of esters is 1. The minimum atomic E-state index is -0.258. The lowest BCUT2D eigenvalue weighted by Gasteiger charge is -2.07. The van der Waals surface area contributed by atoms with E-state index in [2.05, 4.69) is 15.0 Å². The zero-order chi connectivity index (χ0) is 18.1. The number of rotatable bonds is 9. The number of thiazole rings is 1. The highest BCUT2D eigenvalue weighted by Gasteiger charge is 2.11. The molecule has 0 saturated carbocycles. The monoisotopic (exact) mass is 399 g/mol. The lowest BCUT2D eigenvalue weighted by atomic mass is 10.3. The van der Waals surface area contributed by atoms with Gasteiger partial charge in [0.05, 0.1) is 18.7 Å². The number of anilines is 1. The van der Waals surface area contributed by atoms with Crippen LogP contribution in [0.15, 0.2) is 29.6 Å². The van der Waals surface area contributed by atoms with Crippen molar-refractivity contribution in [3.63, 3.8) is 0 Å². The van der Waals surface area contributed by atoms with E-state index in [4.69, 9.17) is 10.5 Å². The molecule has 0 aliphatic carbocycles. The molecule has 2 aromatic rings. The molecule has 0 radical (unpaired) electrons. The number of hydrogen-bond acceptors (Lipinski definition) is 7. The maximum absolute atomic E-state index is 12.1. The summed E-state index contributed by atoms with van der Waals surface area (Å²) in [5.74, 6) is 0.159. The molecule has 0 spiro atoms. The minimum absolute atomic E-state index is 0. The number of amides is 1. The molecule has 1 aromatic heterocycles. The van der Waals surface area contributed by atoms with Crippen LogP contribution in [-0.4, -0.2) is 37.1 Å². The van der Waals surface area contributed by atoms with E-state index in [0.717, 1.165) is 5.01 Å². The van der Waals surface area contributed by atoms with Crippen molar-refractivity contribution in [1.82, 2.24) is 4.98 Å². The van der Waals surface area contributed by atoms with Crippen molar-refractivity contribution in [1.29, 1.82) is 0 Å². The van der Waals surface area contributed by atoms with Gasteiger partial charge in [0, 0.05) is 23.9 Å². The summed E-state index contributed by atoms with van der Waals surface area (Å²) in [6, 6.07) is 7.02. The summed E-state index contributed by atoms with van der Waals surface area (Å²) in [5.41, 5.74) is 6.52. The van der Waals surface area contributed by atoms with Crippen LogP contribution in [0.3, 0.4) is 0 Å². The molecule has 0 bridgehead atoms. The summed E-state index contributed by atoms with van der Waals surface area (Å²) in [6.07, 6.45) is 1.57. The molecule has 0 unspecified atom stereocenters.